The molecule has 2 aromatic heterocycles. The van der Waals surface area contributed by atoms with E-state index in [1.165, 1.54) is 0 Å². The van der Waals surface area contributed by atoms with E-state index in [2.05, 4.69) is 37.5 Å². The second kappa shape index (κ2) is 5.21. The molecule has 0 saturated heterocycles. The molecule has 0 aliphatic rings. The molecule has 3 rings (SSSR count). The SMILES string of the molecule is CN(C)c1ccc2[nH]c(-c3ccc(I)c(Cl)c3)nc2n1. The van der Waals surface area contributed by atoms with Gasteiger partial charge in [-0.3, -0.25) is 0 Å². The predicted octanol–water partition coefficient (Wildman–Crippen LogP) is 3.95. The normalized spacial score (nSPS) is 11.0. The average molecular weight is 399 g/mol. The Morgan fingerprint density at radius 2 is 1.95 bits per heavy atom. The number of hydrogen-bond acceptors (Lipinski definition) is 3. The number of imidazole rings is 1. The number of pyridine rings is 1. The summed E-state index contributed by atoms with van der Waals surface area (Å²) >= 11 is 8.36. The highest BCUT2D eigenvalue weighted by Gasteiger charge is 2.09. The van der Waals surface area contributed by atoms with Crippen molar-refractivity contribution in [2.75, 3.05) is 19.0 Å². The Morgan fingerprint density at radius 3 is 2.65 bits per heavy atom. The Morgan fingerprint density at radius 1 is 1.15 bits per heavy atom. The minimum Gasteiger partial charge on any atom is -0.363 e. The molecular weight excluding hydrogens is 387 g/mol. The minimum absolute atomic E-state index is 0.709. The molecule has 1 N–H and O–H groups in total. The van der Waals surface area contributed by atoms with Crippen LogP contribution in [0.2, 0.25) is 5.02 Å². The zero-order valence-electron chi connectivity index (χ0n) is 11.0. The van der Waals surface area contributed by atoms with Crippen LogP contribution in [0.5, 0.6) is 0 Å². The molecule has 0 spiro atoms. The van der Waals surface area contributed by atoms with Crippen LogP contribution in [-0.4, -0.2) is 29.0 Å². The van der Waals surface area contributed by atoms with Gasteiger partial charge in [0.05, 0.1) is 10.5 Å². The van der Waals surface area contributed by atoms with Crippen LogP contribution in [0.15, 0.2) is 30.3 Å². The topological polar surface area (TPSA) is 44.8 Å². The zero-order chi connectivity index (χ0) is 14.3. The highest BCUT2D eigenvalue weighted by Crippen LogP contribution is 2.26. The van der Waals surface area contributed by atoms with E-state index in [0.29, 0.717) is 5.65 Å². The highest BCUT2D eigenvalue weighted by atomic mass is 127. The summed E-state index contributed by atoms with van der Waals surface area (Å²) in [5, 5.41) is 0.727. The van der Waals surface area contributed by atoms with Gasteiger partial charge in [-0.2, -0.15) is 0 Å². The van der Waals surface area contributed by atoms with Crippen molar-refractivity contribution in [1.29, 1.82) is 0 Å². The molecule has 4 nitrogen and oxygen atoms in total. The number of halogens is 2. The number of aromatic nitrogens is 3. The number of benzene rings is 1. The van der Waals surface area contributed by atoms with Crippen molar-refractivity contribution in [1.82, 2.24) is 15.0 Å². The van der Waals surface area contributed by atoms with Crippen LogP contribution in [0, 0.1) is 3.57 Å². The first-order valence-corrected chi connectivity index (χ1v) is 7.50. The van der Waals surface area contributed by atoms with E-state index in [9.17, 15) is 0 Å². The van der Waals surface area contributed by atoms with Crippen molar-refractivity contribution in [2.24, 2.45) is 0 Å². The number of fused-ring (bicyclic) bond motifs is 1. The van der Waals surface area contributed by atoms with Gasteiger partial charge in [0.25, 0.3) is 0 Å². The maximum atomic E-state index is 6.16. The second-order valence-electron chi connectivity index (χ2n) is 4.65. The van der Waals surface area contributed by atoms with Gasteiger partial charge in [0.2, 0.25) is 0 Å². The molecule has 0 aliphatic carbocycles. The fourth-order valence-corrected chi connectivity index (χ4v) is 2.43. The van der Waals surface area contributed by atoms with Crippen molar-refractivity contribution in [3.8, 4) is 11.4 Å². The first-order chi connectivity index (χ1) is 9.54. The first kappa shape index (κ1) is 13.6. The summed E-state index contributed by atoms with van der Waals surface area (Å²) < 4.78 is 1.03. The zero-order valence-corrected chi connectivity index (χ0v) is 13.9. The van der Waals surface area contributed by atoms with Crippen molar-refractivity contribution in [3.05, 3.63) is 38.9 Å². The minimum atomic E-state index is 0.709. The molecule has 20 heavy (non-hydrogen) atoms. The average Bonchev–Trinajstić information content (AvgIpc) is 2.84. The monoisotopic (exact) mass is 398 g/mol. The molecule has 2 heterocycles. The van der Waals surface area contributed by atoms with Crippen LogP contribution in [0.25, 0.3) is 22.6 Å². The van der Waals surface area contributed by atoms with Crippen molar-refractivity contribution < 1.29 is 0 Å². The number of rotatable bonds is 2. The van der Waals surface area contributed by atoms with Crippen molar-refractivity contribution >= 4 is 51.2 Å². The van der Waals surface area contributed by atoms with E-state index in [1.54, 1.807) is 0 Å². The lowest BCUT2D eigenvalue weighted by Gasteiger charge is -2.09. The van der Waals surface area contributed by atoms with E-state index in [0.717, 1.165) is 31.3 Å². The fourth-order valence-electron chi connectivity index (χ4n) is 1.91. The quantitative estimate of drug-likeness (QED) is 0.665. The molecule has 0 fully saturated rings. The molecule has 6 heteroatoms. The van der Waals surface area contributed by atoms with Gasteiger partial charge in [0, 0.05) is 23.2 Å². The Balaban J connectivity index is 2.10. The number of nitrogens with zero attached hydrogens (tertiary/aromatic N) is 3. The van der Waals surface area contributed by atoms with Crippen LogP contribution in [0.1, 0.15) is 0 Å². The third-order valence-electron chi connectivity index (χ3n) is 2.98. The number of H-pyrrole nitrogens is 1. The van der Waals surface area contributed by atoms with Gasteiger partial charge in [-0.05, 0) is 46.9 Å². The van der Waals surface area contributed by atoms with Gasteiger partial charge in [0.15, 0.2) is 5.65 Å². The maximum Gasteiger partial charge on any atom is 0.180 e. The second-order valence-corrected chi connectivity index (χ2v) is 6.22. The summed E-state index contributed by atoms with van der Waals surface area (Å²) in [6, 6.07) is 9.84. The number of anilines is 1. The molecule has 0 bridgehead atoms. The molecule has 1 aromatic carbocycles. The van der Waals surface area contributed by atoms with Crippen LogP contribution in [-0.2, 0) is 0 Å². The summed E-state index contributed by atoms with van der Waals surface area (Å²) in [4.78, 5) is 14.3. The predicted molar refractivity (Wildman–Crippen MR) is 91.4 cm³/mol. The van der Waals surface area contributed by atoms with Crippen LogP contribution in [0.3, 0.4) is 0 Å². The summed E-state index contributed by atoms with van der Waals surface area (Å²) in [6.45, 7) is 0. The van der Waals surface area contributed by atoms with Crippen molar-refractivity contribution in [2.45, 2.75) is 0 Å². The number of nitrogens with one attached hydrogen (secondary N) is 1. The largest absolute Gasteiger partial charge is 0.363 e. The highest BCUT2D eigenvalue weighted by molar-refractivity contribution is 14.1. The molecule has 0 unspecified atom stereocenters. The Hall–Kier alpha value is -1.34. The van der Waals surface area contributed by atoms with E-state index < -0.39 is 0 Å². The molecular formula is C14H12ClIN4. The summed E-state index contributed by atoms with van der Waals surface area (Å²) in [5.74, 6) is 1.66. The molecule has 0 amide bonds. The van der Waals surface area contributed by atoms with Gasteiger partial charge >= 0.3 is 0 Å². The summed E-state index contributed by atoms with van der Waals surface area (Å²) in [6.07, 6.45) is 0. The molecule has 3 aromatic rings. The third kappa shape index (κ3) is 2.47. The van der Waals surface area contributed by atoms with Gasteiger partial charge < -0.3 is 9.88 Å². The Kier molecular flexibility index (Phi) is 3.55. The number of hydrogen-bond donors (Lipinski definition) is 1. The van der Waals surface area contributed by atoms with Crippen LogP contribution < -0.4 is 4.90 Å². The third-order valence-corrected chi connectivity index (χ3v) is 4.55. The molecule has 0 radical (unpaired) electrons. The van der Waals surface area contributed by atoms with E-state index in [-0.39, 0.29) is 0 Å². The number of aromatic amines is 1. The standard InChI is InChI=1S/C14H12ClIN4/c1-20(2)12-6-5-11-14(18-12)19-13(17-11)8-3-4-10(16)9(15)7-8/h3-7H,1-2H3,(H,17,18,19). The molecule has 0 aliphatic heterocycles. The summed E-state index contributed by atoms with van der Waals surface area (Å²) in [5.41, 5.74) is 2.58. The molecule has 102 valence electrons. The van der Waals surface area contributed by atoms with Gasteiger partial charge in [0.1, 0.15) is 11.6 Å². The smallest absolute Gasteiger partial charge is 0.180 e. The Bertz CT molecular complexity index is 782. The first-order valence-electron chi connectivity index (χ1n) is 6.04. The van der Waals surface area contributed by atoms with Gasteiger partial charge in [-0.25, -0.2) is 9.97 Å². The summed E-state index contributed by atoms with van der Waals surface area (Å²) in [7, 11) is 3.92. The van der Waals surface area contributed by atoms with Gasteiger partial charge in [-0.15, -0.1) is 0 Å². The maximum absolute atomic E-state index is 6.16. The lowest BCUT2D eigenvalue weighted by Crippen LogP contribution is -2.10. The lowest BCUT2D eigenvalue weighted by atomic mass is 10.2. The Labute approximate surface area is 135 Å². The molecule has 0 saturated carbocycles. The van der Waals surface area contributed by atoms with E-state index in [1.807, 2.05) is 49.3 Å². The molecule has 0 atom stereocenters. The lowest BCUT2D eigenvalue weighted by molar-refractivity contribution is 1.08. The van der Waals surface area contributed by atoms with Crippen molar-refractivity contribution in [3.63, 3.8) is 0 Å². The van der Waals surface area contributed by atoms with E-state index >= 15 is 0 Å². The van der Waals surface area contributed by atoms with Crippen LogP contribution in [0.4, 0.5) is 5.82 Å². The van der Waals surface area contributed by atoms with Crippen LogP contribution >= 0.6 is 34.2 Å². The van der Waals surface area contributed by atoms with E-state index in [4.69, 9.17) is 11.6 Å². The van der Waals surface area contributed by atoms with Gasteiger partial charge in [-0.1, -0.05) is 17.7 Å². The fraction of sp³-hybridized carbons (Fsp3) is 0.143.